The van der Waals surface area contributed by atoms with Crippen LogP contribution in [0.25, 0.3) is 10.8 Å². The Labute approximate surface area is 118 Å². The van der Waals surface area contributed by atoms with Crippen molar-refractivity contribution in [3.8, 4) is 5.75 Å². The zero-order chi connectivity index (χ0) is 14.3. The number of benzene rings is 2. The number of hydrogen-bond acceptors (Lipinski definition) is 3. The first-order valence-corrected chi connectivity index (χ1v) is 6.88. The van der Waals surface area contributed by atoms with Crippen LogP contribution in [0.1, 0.15) is 30.6 Å². The fourth-order valence-corrected chi connectivity index (χ4v) is 2.73. The molecule has 0 spiro atoms. The van der Waals surface area contributed by atoms with Crippen LogP contribution >= 0.6 is 0 Å². The standard InChI is InChI=1S/C16H18N2O2/c1-10(2)8-9-18-12-5-3-4-11-6-7-13(20-17)15(14(11)12)16(18)19/h3-7,10H,8-9,17H2,1-2H3. The van der Waals surface area contributed by atoms with Crippen molar-refractivity contribution >= 4 is 22.4 Å². The second-order valence-electron chi connectivity index (χ2n) is 5.57. The van der Waals surface area contributed by atoms with Crippen molar-refractivity contribution in [2.24, 2.45) is 11.8 Å². The summed E-state index contributed by atoms with van der Waals surface area (Å²) in [5.74, 6) is 6.28. The number of carbonyl (C=O) groups is 1. The van der Waals surface area contributed by atoms with Crippen molar-refractivity contribution in [2.75, 3.05) is 11.4 Å². The van der Waals surface area contributed by atoms with Gasteiger partial charge in [-0.15, -0.1) is 0 Å². The normalized spacial score (nSPS) is 13.6. The van der Waals surface area contributed by atoms with Gasteiger partial charge in [-0.3, -0.25) is 4.79 Å². The van der Waals surface area contributed by atoms with Gasteiger partial charge >= 0.3 is 0 Å². The molecule has 0 bridgehead atoms. The van der Waals surface area contributed by atoms with Gasteiger partial charge in [0.15, 0.2) is 5.75 Å². The number of hydrogen-bond donors (Lipinski definition) is 1. The van der Waals surface area contributed by atoms with Crippen molar-refractivity contribution in [3.63, 3.8) is 0 Å². The highest BCUT2D eigenvalue weighted by Gasteiger charge is 2.32. The van der Waals surface area contributed by atoms with Gasteiger partial charge in [-0.1, -0.05) is 32.0 Å². The lowest BCUT2D eigenvalue weighted by molar-refractivity contribution is 0.0988. The second-order valence-corrected chi connectivity index (χ2v) is 5.57. The number of amides is 1. The molecule has 1 aliphatic heterocycles. The molecule has 0 atom stereocenters. The smallest absolute Gasteiger partial charge is 0.262 e. The Morgan fingerprint density at radius 3 is 2.75 bits per heavy atom. The Morgan fingerprint density at radius 1 is 1.25 bits per heavy atom. The van der Waals surface area contributed by atoms with Crippen LogP contribution in [0.3, 0.4) is 0 Å². The molecule has 2 aromatic rings. The van der Waals surface area contributed by atoms with E-state index in [1.165, 1.54) is 0 Å². The van der Waals surface area contributed by atoms with E-state index in [0.29, 0.717) is 23.8 Å². The van der Waals surface area contributed by atoms with Gasteiger partial charge in [0.1, 0.15) is 0 Å². The van der Waals surface area contributed by atoms with Gasteiger partial charge in [0.25, 0.3) is 5.91 Å². The van der Waals surface area contributed by atoms with E-state index in [-0.39, 0.29) is 5.91 Å². The molecule has 0 saturated heterocycles. The Bertz CT molecular complexity index is 679. The summed E-state index contributed by atoms with van der Waals surface area (Å²) < 4.78 is 0. The molecule has 1 heterocycles. The zero-order valence-electron chi connectivity index (χ0n) is 11.7. The molecule has 20 heavy (non-hydrogen) atoms. The second kappa shape index (κ2) is 4.80. The molecule has 2 aromatic carbocycles. The van der Waals surface area contributed by atoms with Crippen LogP contribution in [-0.4, -0.2) is 12.5 Å². The Morgan fingerprint density at radius 2 is 2.05 bits per heavy atom. The van der Waals surface area contributed by atoms with Gasteiger partial charge in [-0.2, -0.15) is 5.90 Å². The molecule has 4 nitrogen and oxygen atoms in total. The lowest BCUT2D eigenvalue weighted by Crippen LogP contribution is -2.29. The minimum Gasteiger partial charge on any atom is -0.411 e. The number of nitrogens with zero attached hydrogens (tertiary/aromatic N) is 1. The van der Waals surface area contributed by atoms with Crippen molar-refractivity contribution in [2.45, 2.75) is 20.3 Å². The predicted molar refractivity (Wildman–Crippen MR) is 79.9 cm³/mol. The molecule has 0 unspecified atom stereocenters. The van der Waals surface area contributed by atoms with Gasteiger partial charge < -0.3 is 9.74 Å². The third-order valence-electron chi connectivity index (χ3n) is 3.79. The largest absolute Gasteiger partial charge is 0.411 e. The van der Waals surface area contributed by atoms with Crippen molar-refractivity contribution in [1.29, 1.82) is 0 Å². The molecule has 0 aliphatic carbocycles. The highest BCUT2D eigenvalue weighted by Crippen LogP contribution is 2.41. The monoisotopic (exact) mass is 270 g/mol. The fraction of sp³-hybridized carbons (Fsp3) is 0.312. The van der Waals surface area contributed by atoms with E-state index >= 15 is 0 Å². The van der Waals surface area contributed by atoms with Crippen LogP contribution in [0.15, 0.2) is 30.3 Å². The molecule has 1 amide bonds. The average molecular weight is 270 g/mol. The minimum atomic E-state index is -0.0158. The van der Waals surface area contributed by atoms with Crippen LogP contribution in [0, 0.1) is 5.92 Å². The Hall–Kier alpha value is -2.07. The zero-order valence-corrected chi connectivity index (χ0v) is 11.7. The molecule has 0 saturated carbocycles. The minimum absolute atomic E-state index is 0.0158. The third kappa shape index (κ3) is 1.84. The molecule has 3 rings (SSSR count). The first kappa shape index (κ1) is 12.9. The summed E-state index contributed by atoms with van der Waals surface area (Å²) in [6.45, 7) is 5.03. The molecule has 0 aromatic heterocycles. The molecule has 2 N–H and O–H groups in total. The van der Waals surface area contributed by atoms with Crippen LogP contribution in [0.5, 0.6) is 5.75 Å². The molecule has 4 heteroatoms. The van der Waals surface area contributed by atoms with E-state index < -0.39 is 0 Å². The van der Waals surface area contributed by atoms with Crippen LogP contribution in [0.2, 0.25) is 0 Å². The van der Waals surface area contributed by atoms with Crippen molar-refractivity contribution < 1.29 is 9.63 Å². The first-order valence-electron chi connectivity index (χ1n) is 6.88. The maximum atomic E-state index is 12.7. The topological polar surface area (TPSA) is 55.6 Å². The van der Waals surface area contributed by atoms with Crippen LogP contribution in [0.4, 0.5) is 5.69 Å². The number of anilines is 1. The van der Waals surface area contributed by atoms with E-state index in [0.717, 1.165) is 22.9 Å². The molecule has 0 radical (unpaired) electrons. The third-order valence-corrected chi connectivity index (χ3v) is 3.79. The van der Waals surface area contributed by atoms with E-state index in [9.17, 15) is 4.79 Å². The quantitative estimate of drug-likeness (QED) is 0.868. The number of rotatable bonds is 4. The Kier molecular flexibility index (Phi) is 3.10. The van der Waals surface area contributed by atoms with Gasteiger partial charge in [0.2, 0.25) is 0 Å². The fourth-order valence-electron chi connectivity index (χ4n) is 2.73. The summed E-state index contributed by atoms with van der Waals surface area (Å²) >= 11 is 0. The van der Waals surface area contributed by atoms with Crippen LogP contribution < -0.4 is 15.6 Å². The van der Waals surface area contributed by atoms with Crippen molar-refractivity contribution in [3.05, 3.63) is 35.9 Å². The van der Waals surface area contributed by atoms with E-state index in [2.05, 4.69) is 13.8 Å². The molecule has 0 fully saturated rings. The maximum Gasteiger partial charge on any atom is 0.262 e. The summed E-state index contributed by atoms with van der Waals surface area (Å²) in [6.07, 6.45) is 0.967. The molecule has 1 aliphatic rings. The highest BCUT2D eigenvalue weighted by atomic mass is 16.6. The van der Waals surface area contributed by atoms with E-state index in [1.807, 2.05) is 29.2 Å². The van der Waals surface area contributed by atoms with Crippen molar-refractivity contribution in [1.82, 2.24) is 0 Å². The number of nitrogens with two attached hydrogens (primary N) is 1. The highest BCUT2D eigenvalue weighted by molar-refractivity contribution is 6.26. The average Bonchev–Trinajstić information content (AvgIpc) is 2.72. The summed E-state index contributed by atoms with van der Waals surface area (Å²) in [5.41, 5.74) is 1.55. The molecular formula is C16H18N2O2. The summed E-state index contributed by atoms with van der Waals surface area (Å²) in [6, 6.07) is 9.65. The summed E-state index contributed by atoms with van der Waals surface area (Å²) in [4.78, 5) is 19.4. The maximum absolute atomic E-state index is 12.7. The SMILES string of the molecule is CC(C)CCN1C(=O)c2c(ON)ccc3cccc1c23. The van der Waals surface area contributed by atoms with E-state index in [4.69, 9.17) is 10.7 Å². The summed E-state index contributed by atoms with van der Waals surface area (Å²) in [7, 11) is 0. The van der Waals surface area contributed by atoms with Gasteiger partial charge in [-0.25, -0.2) is 0 Å². The van der Waals surface area contributed by atoms with Crippen LogP contribution in [-0.2, 0) is 0 Å². The lowest BCUT2D eigenvalue weighted by atomic mass is 10.0. The number of carbonyl (C=O) groups excluding carboxylic acids is 1. The predicted octanol–water partition coefficient (Wildman–Crippen LogP) is 3.10. The molecular weight excluding hydrogens is 252 g/mol. The van der Waals surface area contributed by atoms with E-state index in [1.54, 1.807) is 6.07 Å². The van der Waals surface area contributed by atoms with Gasteiger partial charge in [0, 0.05) is 11.9 Å². The molecule has 104 valence electrons. The lowest BCUT2D eigenvalue weighted by Gasteiger charge is -2.18. The Balaban J connectivity index is 2.14. The van der Waals surface area contributed by atoms with Gasteiger partial charge in [-0.05, 0) is 29.9 Å². The first-order chi connectivity index (χ1) is 9.63. The van der Waals surface area contributed by atoms with Gasteiger partial charge in [0.05, 0.1) is 11.3 Å². The summed E-state index contributed by atoms with van der Waals surface area (Å²) in [5, 5.41) is 1.99.